The minimum Gasteiger partial charge on any atom is -0.310 e. The normalized spacial score (nSPS) is 12.8. The molecular formula is C13H19ClFN. The van der Waals surface area contributed by atoms with Gasteiger partial charge in [-0.25, -0.2) is 4.39 Å². The third-order valence-corrected chi connectivity index (χ3v) is 2.92. The van der Waals surface area contributed by atoms with Crippen molar-refractivity contribution in [3.63, 3.8) is 0 Å². The van der Waals surface area contributed by atoms with Crippen LogP contribution in [-0.2, 0) is 6.54 Å². The highest BCUT2D eigenvalue weighted by molar-refractivity contribution is 6.30. The van der Waals surface area contributed by atoms with Crippen molar-refractivity contribution >= 4 is 11.6 Å². The van der Waals surface area contributed by atoms with Gasteiger partial charge in [-0.2, -0.15) is 0 Å². The minimum atomic E-state index is -0.357. The van der Waals surface area contributed by atoms with Crippen LogP contribution in [0.2, 0.25) is 5.02 Å². The number of halogens is 2. The number of hydrogen-bond donors (Lipinski definition) is 1. The molecule has 3 heteroatoms. The summed E-state index contributed by atoms with van der Waals surface area (Å²) in [4.78, 5) is 0. The van der Waals surface area contributed by atoms with Crippen molar-refractivity contribution in [1.82, 2.24) is 5.32 Å². The molecule has 0 aliphatic carbocycles. The lowest BCUT2D eigenvalue weighted by Gasteiger charge is -2.13. The fourth-order valence-corrected chi connectivity index (χ4v) is 1.76. The smallest absolute Gasteiger partial charge is 0.141 e. The minimum absolute atomic E-state index is 0.195. The van der Waals surface area contributed by atoms with Crippen molar-refractivity contribution in [1.29, 1.82) is 0 Å². The molecule has 1 aromatic rings. The highest BCUT2D eigenvalue weighted by Gasteiger charge is 2.03. The quantitative estimate of drug-likeness (QED) is 0.792. The topological polar surface area (TPSA) is 12.0 Å². The molecule has 0 aromatic heterocycles. The molecule has 0 spiro atoms. The van der Waals surface area contributed by atoms with E-state index in [9.17, 15) is 4.39 Å². The fourth-order valence-electron chi connectivity index (χ4n) is 1.55. The van der Waals surface area contributed by atoms with E-state index in [4.69, 9.17) is 11.6 Å². The molecule has 16 heavy (non-hydrogen) atoms. The molecule has 0 saturated heterocycles. The summed E-state index contributed by atoms with van der Waals surface area (Å²) in [5.41, 5.74) is 1.02. The monoisotopic (exact) mass is 243 g/mol. The Balaban J connectivity index is 2.39. The van der Waals surface area contributed by atoms with E-state index in [0.29, 0.717) is 6.04 Å². The van der Waals surface area contributed by atoms with Gasteiger partial charge in [-0.3, -0.25) is 0 Å². The molecule has 0 bridgehead atoms. The highest BCUT2D eigenvalue weighted by Crippen LogP contribution is 2.16. The first-order valence-corrected chi connectivity index (χ1v) is 6.18. The van der Waals surface area contributed by atoms with Gasteiger partial charge in [-0.1, -0.05) is 37.4 Å². The second-order valence-corrected chi connectivity index (χ2v) is 4.58. The molecule has 0 heterocycles. The van der Waals surface area contributed by atoms with Crippen LogP contribution >= 0.6 is 11.6 Å². The summed E-state index contributed by atoms with van der Waals surface area (Å²) in [6, 6.07) is 5.34. The van der Waals surface area contributed by atoms with E-state index in [-0.39, 0.29) is 10.8 Å². The summed E-state index contributed by atoms with van der Waals surface area (Å²) in [5, 5.41) is 3.59. The molecule has 1 rings (SSSR count). The van der Waals surface area contributed by atoms with Gasteiger partial charge in [0.15, 0.2) is 0 Å². The number of nitrogens with one attached hydrogen (secondary N) is 1. The SMILES string of the molecule is CCCCC(C)NCc1ccc(F)c(Cl)c1. The van der Waals surface area contributed by atoms with Gasteiger partial charge >= 0.3 is 0 Å². The van der Waals surface area contributed by atoms with Crippen LogP contribution in [0.15, 0.2) is 18.2 Å². The Kier molecular flexibility index (Phi) is 5.78. The predicted molar refractivity (Wildman–Crippen MR) is 67.2 cm³/mol. The molecule has 0 saturated carbocycles. The lowest BCUT2D eigenvalue weighted by atomic mass is 10.1. The zero-order chi connectivity index (χ0) is 12.0. The van der Waals surface area contributed by atoms with E-state index >= 15 is 0 Å². The molecule has 1 atom stereocenters. The Morgan fingerprint density at radius 2 is 2.19 bits per heavy atom. The van der Waals surface area contributed by atoms with Gasteiger partial charge in [0, 0.05) is 12.6 Å². The molecule has 1 unspecified atom stereocenters. The third-order valence-electron chi connectivity index (χ3n) is 2.63. The molecule has 1 nitrogen and oxygen atoms in total. The first kappa shape index (κ1) is 13.5. The average Bonchev–Trinajstić information content (AvgIpc) is 2.28. The maximum absolute atomic E-state index is 12.9. The first-order chi connectivity index (χ1) is 7.63. The van der Waals surface area contributed by atoms with E-state index in [1.54, 1.807) is 12.1 Å². The van der Waals surface area contributed by atoms with E-state index in [0.717, 1.165) is 12.1 Å². The molecule has 0 aliphatic heterocycles. The predicted octanol–water partition coefficient (Wildman–Crippen LogP) is 4.15. The fraction of sp³-hybridized carbons (Fsp3) is 0.538. The van der Waals surface area contributed by atoms with Crippen LogP contribution in [0.3, 0.4) is 0 Å². The lowest BCUT2D eigenvalue weighted by molar-refractivity contribution is 0.494. The van der Waals surface area contributed by atoms with Crippen LogP contribution in [0.25, 0.3) is 0 Å². The Labute approximate surface area is 102 Å². The van der Waals surface area contributed by atoms with E-state index < -0.39 is 0 Å². The summed E-state index contributed by atoms with van der Waals surface area (Å²) in [6.07, 6.45) is 3.62. The van der Waals surface area contributed by atoms with Gasteiger partial charge in [0.1, 0.15) is 5.82 Å². The maximum atomic E-state index is 12.9. The molecule has 1 aromatic carbocycles. The van der Waals surface area contributed by atoms with Crippen LogP contribution in [-0.4, -0.2) is 6.04 Å². The van der Waals surface area contributed by atoms with Gasteiger partial charge in [-0.15, -0.1) is 0 Å². The molecule has 0 amide bonds. The van der Waals surface area contributed by atoms with Crippen LogP contribution in [0, 0.1) is 5.82 Å². The second-order valence-electron chi connectivity index (χ2n) is 4.17. The van der Waals surface area contributed by atoms with Gasteiger partial charge in [0.05, 0.1) is 5.02 Å². The van der Waals surface area contributed by atoms with Crippen LogP contribution in [0.1, 0.15) is 38.7 Å². The van der Waals surface area contributed by atoms with Crippen LogP contribution < -0.4 is 5.32 Å². The number of hydrogen-bond acceptors (Lipinski definition) is 1. The van der Waals surface area contributed by atoms with E-state index in [1.807, 2.05) is 0 Å². The first-order valence-electron chi connectivity index (χ1n) is 5.80. The van der Waals surface area contributed by atoms with Crippen molar-refractivity contribution in [2.45, 2.75) is 45.7 Å². The van der Waals surface area contributed by atoms with Crippen molar-refractivity contribution in [2.75, 3.05) is 0 Å². The van der Waals surface area contributed by atoms with E-state index in [1.165, 1.54) is 25.3 Å². The summed E-state index contributed by atoms with van der Waals surface area (Å²) < 4.78 is 12.9. The highest BCUT2D eigenvalue weighted by atomic mass is 35.5. The zero-order valence-corrected chi connectivity index (χ0v) is 10.6. The molecule has 90 valence electrons. The van der Waals surface area contributed by atoms with Gasteiger partial charge in [0.2, 0.25) is 0 Å². The van der Waals surface area contributed by atoms with Gasteiger partial charge in [0.25, 0.3) is 0 Å². The van der Waals surface area contributed by atoms with Crippen LogP contribution in [0.5, 0.6) is 0 Å². The largest absolute Gasteiger partial charge is 0.310 e. The Bertz CT molecular complexity index is 328. The number of rotatable bonds is 6. The standard InChI is InChI=1S/C13H19ClFN/c1-3-4-5-10(2)16-9-11-6-7-13(15)12(14)8-11/h6-8,10,16H,3-5,9H2,1-2H3. The zero-order valence-electron chi connectivity index (χ0n) is 9.89. The lowest BCUT2D eigenvalue weighted by Crippen LogP contribution is -2.25. The summed E-state index contributed by atoms with van der Waals surface area (Å²) in [7, 11) is 0. The summed E-state index contributed by atoms with van der Waals surface area (Å²) >= 11 is 5.71. The summed E-state index contributed by atoms with van der Waals surface area (Å²) in [6.45, 7) is 5.10. The van der Waals surface area contributed by atoms with Gasteiger partial charge in [-0.05, 0) is 31.0 Å². The average molecular weight is 244 g/mol. The number of unbranched alkanes of at least 4 members (excludes halogenated alkanes) is 1. The van der Waals surface area contributed by atoms with E-state index in [2.05, 4.69) is 19.2 Å². The summed E-state index contributed by atoms with van der Waals surface area (Å²) in [5.74, 6) is -0.357. The Morgan fingerprint density at radius 1 is 1.44 bits per heavy atom. The van der Waals surface area contributed by atoms with Crippen molar-refractivity contribution in [2.24, 2.45) is 0 Å². The molecule has 0 aliphatic rings. The van der Waals surface area contributed by atoms with Crippen molar-refractivity contribution < 1.29 is 4.39 Å². The molecule has 1 N–H and O–H groups in total. The van der Waals surface area contributed by atoms with Crippen LogP contribution in [0.4, 0.5) is 4.39 Å². The second kappa shape index (κ2) is 6.87. The molecule has 0 fully saturated rings. The third kappa shape index (κ3) is 4.50. The van der Waals surface area contributed by atoms with Gasteiger partial charge < -0.3 is 5.32 Å². The Hall–Kier alpha value is -0.600. The van der Waals surface area contributed by atoms with Crippen molar-refractivity contribution in [3.8, 4) is 0 Å². The van der Waals surface area contributed by atoms with Crippen molar-refractivity contribution in [3.05, 3.63) is 34.6 Å². The Morgan fingerprint density at radius 3 is 2.81 bits per heavy atom. The molecular weight excluding hydrogens is 225 g/mol. The maximum Gasteiger partial charge on any atom is 0.141 e. The molecule has 0 radical (unpaired) electrons. The number of benzene rings is 1.